The van der Waals surface area contributed by atoms with Crippen molar-refractivity contribution in [1.82, 2.24) is 15.2 Å². The van der Waals surface area contributed by atoms with Crippen molar-refractivity contribution in [2.75, 3.05) is 5.32 Å². The first-order valence-corrected chi connectivity index (χ1v) is 10.8. The number of thiazole rings is 1. The molecule has 0 unspecified atom stereocenters. The van der Waals surface area contributed by atoms with Gasteiger partial charge in [0.2, 0.25) is 0 Å². The molecule has 28 heavy (non-hydrogen) atoms. The molecule has 150 valence electrons. The van der Waals surface area contributed by atoms with Gasteiger partial charge in [0.25, 0.3) is 5.91 Å². The Balaban J connectivity index is 1.60. The van der Waals surface area contributed by atoms with Crippen LogP contribution < -0.4 is 10.6 Å². The molecule has 1 aliphatic rings. The van der Waals surface area contributed by atoms with E-state index in [1.807, 2.05) is 44.2 Å². The minimum atomic E-state index is -0.176. The van der Waals surface area contributed by atoms with Crippen LogP contribution in [0.2, 0.25) is 0 Å². The van der Waals surface area contributed by atoms with Gasteiger partial charge in [0.15, 0.2) is 0 Å². The molecule has 0 spiro atoms. The van der Waals surface area contributed by atoms with Crippen LogP contribution >= 0.6 is 11.3 Å². The van der Waals surface area contributed by atoms with Crippen molar-refractivity contribution in [2.24, 2.45) is 0 Å². The average molecular weight is 401 g/mol. The third-order valence-corrected chi connectivity index (χ3v) is 5.77. The van der Waals surface area contributed by atoms with Gasteiger partial charge in [-0.25, -0.2) is 9.78 Å². The number of carbonyl (C=O) groups excluding carboxylic acids is 2. The predicted octanol–water partition coefficient (Wildman–Crippen LogP) is 4.65. The molecule has 1 heterocycles. The van der Waals surface area contributed by atoms with Crippen molar-refractivity contribution in [2.45, 2.75) is 64.6 Å². The van der Waals surface area contributed by atoms with E-state index >= 15 is 0 Å². The monoisotopic (exact) mass is 400 g/mol. The normalized spacial score (nSPS) is 14.7. The molecule has 2 N–H and O–H groups in total. The molecular weight excluding hydrogens is 372 g/mol. The van der Waals surface area contributed by atoms with E-state index < -0.39 is 0 Å². The van der Waals surface area contributed by atoms with Crippen molar-refractivity contribution in [1.29, 1.82) is 0 Å². The summed E-state index contributed by atoms with van der Waals surface area (Å²) in [5.74, 6) is -0.112. The lowest BCUT2D eigenvalue weighted by Gasteiger charge is -2.26. The van der Waals surface area contributed by atoms with Crippen LogP contribution in [0, 0.1) is 0 Å². The highest BCUT2D eigenvalue weighted by molar-refractivity contribution is 7.09. The van der Waals surface area contributed by atoms with Crippen LogP contribution in [0.1, 0.15) is 61.4 Å². The van der Waals surface area contributed by atoms with Gasteiger partial charge in [-0.05, 0) is 38.8 Å². The number of aromatic nitrogens is 1. The van der Waals surface area contributed by atoms with E-state index in [-0.39, 0.29) is 24.0 Å². The van der Waals surface area contributed by atoms with Crippen LogP contribution in [0.4, 0.5) is 10.5 Å². The maximum absolute atomic E-state index is 12.7. The van der Waals surface area contributed by atoms with Crippen LogP contribution in [0.15, 0.2) is 35.7 Å². The summed E-state index contributed by atoms with van der Waals surface area (Å²) in [6.07, 6.45) is 5.69. The Hall–Kier alpha value is -2.41. The number of rotatable bonds is 6. The largest absolute Gasteiger partial charge is 0.348 e. The maximum atomic E-state index is 12.7. The van der Waals surface area contributed by atoms with E-state index in [1.54, 1.807) is 10.3 Å². The van der Waals surface area contributed by atoms with E-state index in [0.717, 1.165) is 23.5 Å². The first-order valence-electron chi connectivity index (χ1n) is 9.91. The van der Waals surface area contributed by atoms with Crippen LogP contribution in [0.5, 0.6) is 0 Å². The smallest absolute Gasteiger partial charge is 0.322 e. The molecule has 2 aromatic rings. The molecule has 0 bridgehead atoms. The van der Waals surface area contributed by atoms with Crippen molar-refractivity contribution < 1.29 is 9.59 Å². The van der Waals surface area contributed by atoms with Gasteiger partial charge in [0, 0.05) is 23.2 Å². The third-order valence-electron chi connectivity index (χ3n) is 4.94. The summed E-state index contributed by atoms with van der Waals surface area (Å²) in [5.41, 5.74) is 1.20. The Morgan fingerprint density at radius 1 is 1.18 bits per heavy atom. The summed E-state index contributed by atoms with van der Waals surface area (Å²) < 4.78 is 0. The topological polar surface area (TPSA) is 74.3 Å². The van der Waals surface area contributed by atoms with E-state index in [1.165, 1.54) is 30.6 Å². The highest BCUT2D eigenvalue weighted by Gasteiger charge is 2.21. The molecule has 1 aromatic carbocycles. The molecule has 0 atom stereocenters. The molecule has 0 aliphatic heterocycles. The lowest BCUT2D eigenvalue weighted by Crippen LogP contribution is -2.39. The number of para-hydroxylation sites is 1. The first kappa shape index (κ1) is 20.3. The number of nitrogens with one attached hydrogen (secondary N) is 2. The molecule has 7 heteroatoms. The van der Waals surface area contributed by atoms with Gasteiger partial charge in [-0.3, -0.25) is 4.79 Å². The Bertz CT molecular complexity index is 785. The summed E-state index contributed by atoms with van der Waals surface area (Å²) in [6, 6.07) is 9.47. The molecule has 1 fully saturated rings. The van der Waals surface area contributed by atoms with Gasteiger partial charge >= 0.3 is 6.03 Å². The zero-order chi connectivity index (χ0) is 19.9. The minimum Gasteiger partial charge on any atom is -0.348 e. The number of benzene rings is 1. The molecule has 3 rings (SSSR count). The molecule has 0 saturated heterocycles. The fourth-order valence-corrected chi connectivity index (χ4v) is 4.12. The Kier molecular flexibility index (Phi) is 7.03. The second-order valence-electron chi connectivity index (χ2n) is 7.45. The number of hydrogen-bond donors (Lipinski definition) is 2. The molecule has 0 radical (unpaired) electrons. The van der Waals surface area contributed by atoms with E-state index in [9.17, 15) is 9.59 Å². The van der Waals surface area contributed by atoms with Gasteiger partial charge in [-0.15, -0.1) is 11.3 Å². The molecule has 1 saturated carbocycles. The Labute approximate surface area is 170 Å². The Morgan fingerprint density at radius 2 is 1.89 bits per heavy atom. The van der Waals surface area contributed by atoms with Gasteiger partial charge in [0.05, 0.1) is 6.54 Å². The summed E-state index contributed by atoms with van der Waals surface area (Å²) in [6.45, 7) is 4.31. The molecule has 6 nitrogen and oxygen atoms in total. The lowest BCUT2D eigenvalue weighted by molar-refractivity contribution is 0.0923. The number of amides is 3. The van der Waals surface area contributed by atoms with E-state index in [4.69, 9.17) is 0 Å². The third kappa shape index (κ3) is 5.55. The lowest BCUT2D eigenvalue weighted by atomic mass is 9.95. The van der Waals surface area contributed by atoms with Gasteiger partial charge in [-0.1, -0.05) is 37.5 Å². The predicted molar refractivity (Wildman–Crippen MR) is 113 cm³/mol. The maximum Gasteiger partial charge on any atom is 0.322 e. The molecular formula is C21H28N4O2S. The van der Waals surface area contributed by atoms with E-state index in [0.29, 0.717) is 12.2 Å². The second-order valence-corrected chi connectivity index (χ2v) is 8.40. The van der Waals surface area contributed by atoms with Crippen LogP contribution in [0.25, 0.3) is 0 Å². The summed E-state index contributed by atoms with van der Waals surface area (Å²) in [7, 11) is 0. The van der Waals surface area contributed by atoms with Crippen LogP contribution in [0.3, 0.4) is 0 Å². The molecule has 3 amide bonds. The number of hydrogen-bond acceptors (Lipinski definition) is 4. The number of nitrogens with zero attached hydrogens (tertiary/aromatic N) is 2. The summed E-state index contributed by atoms with van der Waals surface area (Å²) >= 11 is 1.42. The van der Waals surface area contributed by atoms with Crippen molar-refractivity contribution in [3.8, 4) is 0 Å². The SMILES string of the molecule is CC(C)N(Cc1nc(C(=O)NC2CCCCC2)cs1)C(=O)Nc1ccccc1. The second kappa shape index (κ2) is 9.68. The zero-order valence-electron chi connectivity index (χ0n) is 16.5. The van der Waals surface area contributed by atoms with Gasteiger partial charge < -0.3 is 15.5 Å². The standard InChI is InChI=1S/C21H28N4O2S/c1-15(2)25(21(27)23-17-11-7-4-8-12-17)13-19-24-18(14-28-19)20(26)22-16-9-5-3-6-10-16/h4,7-8,11-12,14-16H,3,5-6,9-10,13H2,1-2H3,(H,22,26)(H,23,27). The zero-order valence-corrected chi connectivity index (χ0v) is 17.3. The van der Waals surface area contributed by atoms with Gasteiger partial charge in [0.1, 0.15) is 10.7 Å². The number of carbonyl (C=O) groups is 2. The van der Waals surface area contributed by atoms with E-state index in [2.05, 4.69) is 15.6 Å². The first-order chi connectivity index (χ1) is 13.5. The molecule has 1 aromatic heterocycles. The average Bonchev–Trinajstić information content (AvgIpc) is 3.16. The minimum absolute atomic E-state index is 0.00660. The molecule has 1 aliphatic carbocycles. The van der Waals surface area contributed by atoms with Gasteiger partial charge in [-0.2, -0.15) is 0 Å². The fourth-order valence-electron chi connectivity index (χ4n) is 3.35. The highest BCUT2D eigenvalue weighted by atomic mass is 32.1. The Morgan fingerprint density at radius 3 is 2.57 bits per heavy atom. The fraction of sp³-hybridized carbons (Fsp3) is 0.476. The summed E-state index contributed by atoms with van der Waals surface area (Å²) in [5, 5.41) is 8.54. The van der Waals surface area contributed by atoms with Crippen LogP contribution in [-0.4, -0.2) is 33.9 Å². The summed E-state index contributed by atoms with van der Waals surface area (Å²) in [4.78, 5) is 31.3. The number of anilines is 1. The van der Waals surface area contributed by atoms with Crippen molar-refractivity contribution in [3.05, 3.63) is 46.4 Å². The van der Waals surface area contributed by atoms with Crippen molar-refractivity contribution in [3.63, 3.8) is 0 Å². The number of urea groups is 1. The van der Waals surface area contributed by atoms with Crippen LogP contribution in [-0.2, 0) is 6.54 Å². The highest BCUT2D eigenvalue weighted by Crippen LogP contribution is 2.19. The quantitative estimate of drug-likeness (QED) is 0.741. The van der Waals surface area contributed by atoms with Crippen molar-refractivity contribution >= 4 is 29.0 Å².